The first kappa shape index (κ1) is 13.0. The number of anilines is 1. The predicted octanol–water partition coefficient (Wildman–Crippen LogP) is 2.21. The Bertz CT molecular complexity index is 319. The predicted molar refractivity (Wildman–Crippen MR) is 69.9 cm³/mol. The number of nitrogens with zero attached hydrogens (tertiary/aromatic N) is 2. The van der Waals surface area contributed by atoms with Crippen molar-refractivity contribution in [1.29, 1.82) is 0 Å². The summed E-state index contributed by atoms with van der Waals surface area (Å²) in [6.07, 6.45) is 0.992. The minimum Gasteiger partial charge on any atom is -0.357 e. The maximum Gasteiger partial charge on any atom is 0.129 e. The summed E-state index contributed by atoms with van der Waals surface area (Å²) >= 11 is 0. The monoisotopic (exact) mass is 221 g/mol. The molecule has 0 bridgehead atoms. The normalized spacial score (nSPS) is 10.5. The first-order valence-electron chi connectivity index (χ1n) is 6.14. The highest BCUT2D eigenvalue weighted by molar-refractivity contribution is 5.42. The fourth-order valence-electron chi connectivity index (χ4n) is 1.83. The summed E-state index contributed by atoms with van der Waals surface area (Å²) in [6.45, 7) is 9.41. The molecule has 0 unspecified atom stereocenters. The molecule has 0 saturated carbocycles. The van der Waals surface area contributed by atoms with Crippen LogP contribution in [0, 0.1) is 0 Å². The third-order valence-corrected chi connectivity index (χ3v) is 2.76. The van der Waals surface area contributed by atoms with Crippen LogP contribution in [0.1, 0.15) is 32.0 Å². The summed E-state index contributed by atoms with van der Waals surface area (Å²) in [7, 11) is 1.98. The summed E-state index contributed by atoms with van der Waals surface area (Å²) < 4.78 is 0. The molecule has 0 aromatic carbocycles. The summed E-state index contributed by atoms with van der Waals surface area (Å²) in [5.74, 6) is 1.11. The van der Waals surface area contributed by atoms with Gasteiger partial charge in [0.15, 0.2) is 0 Å². The van der Waals surface area contributed by atoms with Crippen molar-refractivity contribution in [2.75, 3.05) is 25.0 Å². The van der Waals surface area contributed by atoms with E-state index >= 15 is 0 Å². The van der Waals surface area contributed by atoms with E-state index in [0.29, 0.717) is 0 Å². The average molecular weight is 221 g/mol. The zero-order chi connectivity index (χ0) is 12.0. The molecule has 0 saturated heterocycles. The van der Waals surface area contributed by atoms with Crippen molar-refractivity contribution in [2.24, 2.45) is 0 Å². The lowest BCUT2D eigenvalue weighted by Gasteiger charge is -2.21. The summed E-state index contributed by atoms with van der Waals surface area (Å²) in [4.78, 5) is 6.96. The highest BCUT2D eigenvalue weighted by Gasteiger charge is 2.06. The Hall–Kier alpha value is -1.09. The smallest absolute Gasteiger partial charge is 0.129 e. The third kappa shape index (κ3) is 3.20. The van der Waals surface area contributed by atoms with Gasteiger partial charge in [0.2, 0.25) is 0 Å². The van der Waals surface area contributed by atoms with E-state index in [1.807, 2.05) is 7.05 Å². The lowest BCUT2D eigenvalue weighted by molar-refractivity contribution is 0.798. The van der Waals surface area contributed by atoms with Crippen molar-refractivity contribution in [3.8, 4) is 0 Å². The molecule has 3 nitrogen and oxygen atoms in total. The van der Waals surface area contributed by atoms with Gasteiger partial charge in [-0.25, -0.2) is 4.98 Å². The molecule has 0 aliphatic heterocycles. The van der Waals surface area contributed by atoms with E-state index in [1.165, 1.54) is 11.3 Å². The van der Waals surface area contributed by atoms with Crippen molar-refractivity contribution < 1.29 is 0 Å². The van der Waals surface area contributed by atoms with Crippen LogP contribution in [0.4, 0.5) is 5.82 Å². The Morgan fingerprint density at radius 1 is 1.19 bits per heavy atom. The molecular formula is C13H23N3. The molecule has 90 valence electrons. The topological polar surface area (TPSA) is 28.2 Å². The molecule has 1 N–H and O–H groups in total. The van der Waals surface area contributed by atoms with Crippen molar-refractivity contribution in [1.82, 2.24) is 10.3 Å². The van der Waals surface area contributed by atoms with Gasteiger partial charge in [-0.3, -0.25) is 0 Å². The summed E-state index contributed by atoms with van der Waals surface area (Å²) in [5, 5.41) is 3.19. The fraction of sp³-hybridized carbons (Fsp3) is 0.615. The molecule has 0 aliphatic rings. The standard InChI is InChI=1S/C13H23N3/c1-5-12-8-11(10-14-4)9-13(15-12)16(6-2)7-3/h8-9,14H,5-7,10H2,1-4H3. The maximum atomic E-state index is 4.67. The van der Waals surface area contributed by atoms with Crippen LogP contribution in [-0.2, 0) is 13.0 Å². The van der Waals surface area contributed by atoms with Crippen LogP contribution in [0.15, 0.2) is 12.1 Å². The SMILES string of the molecule is CCc1cc(CNC)cc(N(CC)CC)n1. The van der Waals surface area contributed by atoms with Crippen LogP contribution in [0.5, 0.6) is 0 Å². The lowest BCUT2D eigenvalue weighted by atomic mass is 10.2. The molecule has 0 atom stereocenters. The van der Waals surface area contributed by atoms with Gasteiger partial charge in [-0.2, -0.15) is 0 Å². The Kier molecular flexibility index (Phi) is 5.26. The van der Waals surface area contributed by atoms with Crippen molar-refractivity contribution in [3.63, 3.8) is 0 Å². The molecule has 3 heteroatoms. The van der Waals surface area contributed by atoms with E-state index in [9.17, 15) is 0 Å². The number of hydrogen-bond donors (Lipinski definition) is 1. The third-order valence-electron chi connectivity index (χ3n) is 2.76. The number of nitrogens with one attached hydrogen (secondary N) is 1. The van der Waals surface area contributed by atoms with Crippen LogP contribution >= 0.6 is 0 Å². The molecule has 0 aliphatic carbocycles. The van der Waals surface area contributed by atoms with Gasteiger partial charge in [0.05, 0.1) is 0 Å². The summed E-state index contributed by atoms with van der Waals surface area (Å²) in [6, 6.07) is 4.37. The fourth-order valence-corrected chi connectivity index (χ4v) is 1.83. The minimum absolute atomic E-state index is 0.907. The van der Waals surface area contributed by atoms with Gasteiger partial charge in [0, 0.05) is 25.3 Å². The van der Waals surface area contributed by atoms with Crippen molar-refractivity contribution in [2.45, 2.75) is 33.7 Å². The molecule has 1 heterocycles. The highest BCUT2D eigenvalue weighted by atomic mass is 15.2. The van der Waals surface area contributed by atoms with Crippen LogP contribution in [0.2, 0.25) is 0 Å². The van der Waals surface area contributed by atoms with Crippen molar-refractivity contribution in [3.05, 3.63) is 23.4 Å². The van der Waals surface area contributed by atoms with E-state index < -0.39 is 0 Å². The second kappa shape index (κ2) is 6.48. The second-order valence-corrected chi connectivity index (χ2v) is 3.88. The highest BCUT2D eigenvalue weighted by Crippen LogP contribution is 2.15. The number of pyridine rings is 1. The number of aromatic nitrogens is 1. The molecule has 0 amide bonds. The number of hydrogen-bond acceptors (Lipinski definition) is 3. The van der Waals surface area contributed by atoms with Crippen LogP contribution in [-0.4, -0.2) is 25.1 Å². The van der Waals surface area contributed by atoms with Gasteiger partial charge in [-0.15, -0.1) is 0 Å². The van der Waals surface area contributed by atoms with E-state index in [1.54, 1.807) is 0 Å². The molecule has 1 aromatic heterocycles. The quantitative estimate of drug-likeness (QED) is 0.798. The Balaban J connectivity index is 3.02. The lowest BCUT2D eigenvalue weighted by Crippen LogP contribution is -2.23. The minimum atomic E-state index is 0.907. The average Bonchev–Trinajstić information content (AvgIpc) is 2.31. The Labute approximate surface area is 98.9 Å². The number of rotatable bonds is 6. The van der Waals surface area contributed by atoms with Gasteiger partial charge >= 0.3 is 0 Å². The molecule has 0 spiro atoms. The number of aryl methyl sites for hydroxylation is 1. The molecular weight excluding hydrogens is 198 g/mol. The van der Waals surface area contributed by atoms with Gasteiger partial charge in [0.25, 0.3) is 0 Å². The maximum absolute atomic E-state index is 4.67. The van der Waals surface area contributed by atoms with Gasteiger partial charge in [-0.05, 0) is 45.0 Å². The van der Waals surface area contributed by atoms with Crippen LogP contribution < -0.4 is 10.2 Å². The van der Waals surface area contributed by atoms with Gasteiger partial charge in [0.1, 0.15) is 5.82 Å². The largest absolute Gasteiger partial charge is 0.357 e. The zero-order valence-corrected chi connectivity index (χ0v) is 10.9. The van der Waals surface area contributed by atoms with Crippen LogP contribution in [0.25, 0.3) is 0 Å². The van der Waals surface area contributed by atoms with Gasteiger partial charge < -0.3 is 10.2 Å². The van der Waals surface area contributed by atoms with E-state index in [4.69, 9.17) is 0 Å². The van der Waals surface area contributed by atoms with E-state index in [2.05, 4.69) is 48.1 Å². The van der Waals surface area contributed by atoms with Gasteiger partial charge in [-0.1, -0.05) is 6.92 Å². The molecule has 0 radical (unpaired) electrons. The van der Waals surface area contributed by atoms with E-state index in [-0.39, 0.29) is 0 Å². The van der Waals surface area contributed by atoms with Crippen LogP contribution in [0.3, 0.4) is 0 Å². The second-order valence-electron chi connectivity index (χ2n) is 3.88. The zero-order valence-electron chi connectivity index (χ0n) is 10.9. The summed E-state index contributed by atoms with van der Waals surface area (Å²) in [5.41, 5.74) is 2.49. The first-order chi connectivity index (χ1) is 7.74. The van der Waals surface area contributed by atoms with E-state index in [0.717, 1.165) is 31.9 Å². The molecule has 16 heavy (non-hydrogen) atoms. The molecule has 0 fully saturated rings. The van der Waals surface area contributed by atoms with Crippen molar-refractivity contribution >= 4 is 5.82 Å². The first-order valence-corrected chi connectivity index (χ1v) is 6.14. The Morgan fingerprint density at radius 3 is 2.38 bits per heavy atom. The Morgan fingerprint density at radius 2 is 1.88 bits per heavy atom. The molecule has 1 rings (SSSR count). The molecule has 1 aromatic rings.